The normalized spacial score (nSPS) is 49.3. The minimum Gasteiger partial charge on any atom is -0.393 e. The summed E-state index contributed by atoms with van der Waals surface area (Å²) in [6.07, 6.45) is 13.2. The van der Waals surface area contributed by atoms with E-state index in [1.165, 1.54) is 44.9 Å². The Morgan fingerprint density at radius 2 is 1.48 bits per heavy atom. The molecule has 0 aliphatic heterocycles. The summed E-state index contributed by atoms with van der Waals surface area (Å²) in [6, 6.07) is 0. The molecule has 0 saturated heterocycles. The lowest BCUT2D eigenvalue weighted by Crippen LogP contribution is -2.58. The van der Waals surface area contributed by atoms with Crippen molar-refractivity contribution in [2.75, 3.05) is 0 Å². The van der Waals surface area contributed by atoms with E-state index < -0.39 is 0 Å². The van der Waals surface area contributed by atoms with Crippen LogP contribution in [0.1, 0.15) is 112 Å². The van der Waals surface area contributed by atoms with Crippen LogP contribution < -0.4 is 0 Å². The molecule has 31 heavy (non-hydrogen) atoms. The first-order valence-electron chi connectivity index (χ1n) is 14.0. The van der Waals surface area contributed by atoms with Crippen molar-refractivity contribution in [3.8, 4) is 0 Å². The predicted octanol–water partition coefficient (Wildman–Crippen LogP) is 7.08. The van der Waals surface area contributed by atoms with E-state index in [4.69, 9.17) is 0 Å². The third-order valence-corrected chi connectivity index (χ3v) is 11.9. The Morgan fingerprint density at radius 1 is 0.806 bits per heavy atom. The van der Waals surface area contributed by atoms with Gasteiger partial charge >= 0.3 is 0 Å². The second kappa shape index (κ2) is 8.94. The molecule has 2 N–H and O–H groups in total. The summed E-state index contributed by atoms with van der Waals surface area (Å²) in [6.45, 7) is 14.9. The van der Waals surface area contributed by atoms with Gasteiger partial charge in [0.2, 0.25) is 0 Å². The number of fused-ring (bicyclic) bond motifs is 5. The SMILES string of the molecule is CCC(CCC(C)[C@H]1CC[C@H]2[C@@H]3CC(O)C4CC(O)CC[C@]4(C)[C@H]3CC[C@]12C)C(C)C. The van der Waals surface area contributed by atoms with Crippen molar-refractivity contribution < 1.29 is 10.2 Å². The molecule has 2 heteroatoms. The van der Waals surface area contributed by atoms with Gasteiger partial charge in [-0.3, -0.25) is 0 Å². The maximum absolute atomic E-state index is 11.2. The maximum Gasteiger partial charge on any atom is 0.0577 e. The summed E-state index contributed by atoms with van der Waals surface area (Å²) in [4.78, 5) is 0. The van der Waals surface area contributed by atoms with Crippen molar-refractivity contribution >= 4 is 0 Å². The van der Waals surface area contributed by atoms with Gasteiger partial charge in [-0.05, 0) is 116 Å². The van der Waals surface area contributed by atoms with Crippen molar-refractivity contribution in [3.63, 3.8) is 0 Å². The molecule has 5 unspecified atom stereocenters. The highest BCUT2D eigenvalue weighted by molar-refractivity contribution is 5.11. The summed E-state index contributed by atoms with van der Waals surface area (Å²) in [5.41, 5.74) is 0.732. The van der Waals surface area contributed by atoms with Crippen molar-refractivity contribution in [2.45, 2.75) is 124 Å². The second-order valence-corrected chi connectivity index (χ2v) is 13.4. The Kier molecular flexibility index (Phi) is 6.93. The Bertz CT molecular complexity index is 616. The third kappa shape index (κ3) is 4.05. The Morgan fingerprint density at radius 3 is 2.16 bits per heavy atom. The predicted molar refractivity (Wildman–Crippen MR) is 130 cm³/mol. The van der Waals surface area contributed by atoms with Crippen molar-refractivity contribution in [1.82, 2.24) is 0 Å². The molecule has 0 aromatic carbocycles. The number of aliphatic hydroxyl groups is 2. The van der Waals surface area contributed by atoms with Gasteiger partial charge in [-0.15, -0.1) is 0 Å². The molecule has 0 amide bonds. The molecular formula is C29H52O2. The van der Waals surface area contributed by atoms with Gasteiger partial charge in [-0.25, -0.2) is 0 Å². The molecule has 4 saturated carbocycles. The average Bonchev–Trinajstić information content (AvgIpc) is 3.07. The standard InChI is InChI=1S/C29H52O2/c1-7-20(18(2)3)9-8-19(4)23-10-11-24-22-17-27(31)26-16-21(30)12-14-29(26,6)25(22)13-15-28(23,24)5/h18-27,30-31H,7-17H2,1-6H3/t19?,20?,21?,22-,23+,24-,25-,26?,27?,28+,29+/m0/s1. The molecule has 4 aliphatic carbocycles. The quantitative estimate of drug-likeness (QED) is 0.471. The fourth-order valence-electron chi connectivity index (χ4n) is 9.94. The number of aliphatic hydroxyl groups excluding tert-OH is 2. The van der Waals surface area contributed by atoms with Crippen LogP contribution in [-0.2, 0) is 0 Å². The lowest BCUT2D eigenvalue weighted by Gasteiger charge is -2.62. The van der Waals surface area contributed by atoms with Gasteiger partial charge in [-0.1, -0.05) is 54.4 Å². The van der Waals surface area contributed by atoms with E-state index in [9.17, 15) is 10.2 Å². The molecule has 0 bridgehead atoms. The highest BCUT2D eigenvalue weighted by atomic mass is 16.3. The fraction of sp³-hybridized carbons (Fsp3) is 1.00. The molecule has 0 aromatic heterocycles. The van der Waals surface area contributed by atoms with E-state index in [0.717, 1.165) is 61.2 Å². The van der Waals surface area contributed by atoms with E-state index in [1.54, 1.807) is 0 Å². The highest BCUT2D eigenvalue weighted by Gasteiger charge is 2.62. The molecule has 2 nitrogen and oxygen atoms in total. The van der Waals surface area contributed by atoms with Crippen LogP contribution in [0, 0.1) is 58.2 Å². The Balaban J connectivity index is 1.48. The zero-order chi connectivity index (χ0) is 22.6. The number of hydrogen-bond donors (Lipinski definition) is 2. The first-order chi connectivity index (χ1) is 14.6. The molecule has 0 spiro atoms. The van der Waals surface area contributed by atoms with Crippen molar-refractivity contribution in [1.29, 1.82) is 0 Å². The molecule has 11 atom stereocenters. The average molecular weight is 433 g/mol. The second-order valence-electron chi connectivity index (χ2n) is 13.4. The van der Waals surface area contributed by atoms with Crippen LogP contribution in [0.25, 0.3) is 0 Å². The summed E-state index contributed by atoms with van der Waals surface area (Å²) in [5.74, 6) is 6.01. The summed E-state index contributed by atoms with van der Waals surface area (Å²) in [7, 11) is 0. The fourth-order valence-corrected chi connectivity index (χ4v) is 9.94. The summed E-state index contributed by atoms with van der Waals surface area (Å²) >= 11 is 0. The van der Waals surface area contributed by atoms with Crippen LogP contribution in [0.5, 0.6) is 0 Å². The van der Waals surface area contributed by atoms with Gasteiger partial charge in [0.05, 0.1) is 12.2 Å². The van der Waals surface area contributed by atoms with Gasteiger partial charge in [0.25, 0.3) is 0 Å². The molecular weight excluding hydrogens is 380 g/mol. The molecule has 0 heterocycles. The molecule has 4 fully saturated rings. The van der Waals surface area contributed by atoms with Gasteiger partial charge in [0, 0.05) is 0 Å². The number of hydrogen-bond acceptors (Lipinski definition) is 2. The van der Waals surface area contributed by atoms with Gasteiger partial charge < -0.3 is 10.2 Å². The smallest absolute Gasteiger partial charge is 0.0577 e. The Labute approximate surface area is 193 Å². The molecule has 4 aliphatic rings. The monoisotopic (exact) mass is 432 g/mol. The zero-order valence-corrected chi connectivity index (χ0v) is 21.4. The first kappa shape index (κ1) is 24.1. The lowest BCUT2D eigenvalue weighted by molar-refractivity contribution is -0.172. The molecule has 0 aromatic rings. The van der Waals surface area contributed by atoms with Gasteiger partial charge in [0.1, 0.15) is 0 Å². The lowest BCUT2D eigenvalue weighted by atomic mass is 9.43. The van der Waals surface area contributed by atoms with E-state index >= 15 is 0 Å². The molecule has 4 rings (SSSR count). The van der Waals surface area contributed by atoms with Crippen LogP contribution in [0.4, 0.5) is 0 Å². The minimum absolute atomic E-state index is 0.187. The summed E-state index contributed by atoms with van der Waals surface area (Å²) in [5, 5.41) is 21.5. The zero-order valence-electron chi connectivity index (χ0n) is 21.4. The topological polar surface area (TPSA) is 40.5 Å². The van der Waals surface area contributed by atoms with Crippen LogP contribution in [0.3, 0.4) is 0 Å². The van der Waals surface area contributed by atoms with Crippen molar-refractivity contribution in [3.05, 3.63) is 0 Å². The maximum atomic E-state index is 11.2. The van der Waals surface area contributed by atoms with E-state index in [2.05, 4.69) is 41.5 Å². The largest absolute Gasteiger partial charge is 0.393 e. The molecule has 180 valence electrons. The first-order valence-corrected chi connectivity index (χ1v) is 14.0. The van der Waals surface area contributed by atoms with Crippen LogP contribution >= 0.6 is 0 Å². The van der Waals surface area contributed by atoms with Crippen LogP contribution in [0.2, 0.25) is 0 Å². The Hall–Kier alpha value is -0.0800. The summed E-state index contributed by atoms with van der Waals surface area (Å²) < 4.78 is 0. The van der Waals surface area contributed by atoms with Gasteiger partial charge in [0.15, 0.2) is 0 Å². The minimum atomic E-state index is -0.198. The van der Waals surface area contributed by atoms with E-state index in [0.29, 0.717) is 17.3 Å². The van der Waals surface area contributed by atoms with Crippen molar-refractivity contribution in [2.24, 2.45) is 58.2 Å². The van der Waals surface area contributed by atoms with Gasteiger partial charge in [-0.2, -0.15) is 0 Å². The van der Waals surface area contributed by atoms with Crippen LogP contribution in [0.15, 0.2) is 0 Å². The number of rotatable bonds is 6. The van der Waals surface area contributed by atoms with Crippen LogP contribution in [-0.4, -0.2) is 22.4 Å². The highest BCUT2D eigenvalue weighted by Crippen LogP contribution is 2.68. The van der Waals surface area contributed by atoms with E-state index in [1.807, 2.05) is 0 Å². The van der Waals surface area contributed by atoms with E-state index in [-0.39, 0.29) is 17.6 Å². The molecule has 0 radical (unpaired) electrons. The third-order valence-electron chi connectivity index (χ3n) is 11.9.